The van der Waals surface area contributed by atoms with Crippen molar-refractivity contribution in [2.75, 3.05) is 36.5 Å². The topological polar surface area (TPSA) is 118 Å². The van der Waals surface area contributed by atoms with Crippen LogP contribution < -0.4 is 10.1 Å². The SMILES string of the molecule is Cn1nc(C2(C)COC2)cc1Nc1nccc(-c2cc(C#N)c3c(c2)C(C)(CO[Si](C)(C)C(C)(C)C)CN3[B]C=O)n1. The lowest BCUT2D eigenvalue weighted by Crippen LogP contribution is -2.46. The van der Waals surface area contributed by atoms with Crippen molar-refractivity contribution in [1.82, 2.24) is 19.7 Å². The number of benzene rings is 1. The maximum Gasteiger partial charge on any atom is 0.329 e. The molecule has 1 saturated heterocycles. The molecule has 2 aromatic heterocycles. The zero-order valence-corrected chi connectivity index (χ0v) is 26.8. The number of anilines is 3. The van der Waals surface area contributed by atoms with Gasteiger partial charge in [-0.2, -0.15) is 10.4 Å². The molecule has 0 saturated carbocycles. The monoisotopic (exact) mass is 584 g/mol. The van der Waals surface area contributed by atoms with Gasteiger partial charge < -0.3 is 24.1 Å². The van der Waals surface area contributed by atoms with Gasteiger partial charge in [-0.3, -0.25) is 4.68 Å². The van der Waals surface area contributed by atoms with Crippen molar-refractivity contribution < 1.29 is 14.0 Å². The van der Waals surface area contributed by atoms with E-state index in [2.05, 4.69) is 75.2 Å². The number of hydrogen-bond acceptors (Lipinski definition) is 9. The Labute approximate surface area is 249 Å². The second-order valence-electron chi connectivity index (χ2n) is 13.5. The van der Waals surface area contributed by atoms with E-state index in [1.807, 2.05) is 30.1 Å². The van der Waals surface area contributed by atoms with Gasteiger partial charge >= 0.3 is 7.41 Å². The lowest BCUT2D eigenvalue weighted by molar-refractivity contribution is -0.0522. The Morgan fingerprint density at radius 2 is 2.00 bits per heavy atom. The van der Waals surface area contributed by atoms with E-state index < -0.39 is 13.7 Å². The van der Waals surface area contributed by atoms with E-state index in [0.29, 0.717) is 43.6 Å². The molecule has 3 aromatic rings. The number of aromatic nitrogens is 4. The number of fused-ring (bicyclic) bond motifs is 1. The van der Waals surface area contributed by atoms with Gasteiger partial charge in [-0.25, -0.2) is 9.97 Å². The first-order chi connectivity index (χ1) is 19.7. The van der Waals surface area contributed by atoms with E-state index in [9.17, 15) is 10.1 Å². The second kappa shape index (κ2) is 10.6. The summed E-state index contributed by atoms with van der Waals surface area (Å²) in [5.41, 5.74) is 4.11. The van der Waals surface area contributed by atoms with E-state index in [4.69, 9.17) is 14.1 Å². The third kappa shape index (κ3) is 5.37. The zero-order chi connectivity index (χ0) is 30.5. The summed E-state index contributed by atoms with van der Waals surface area (Å²) in [5, 5.41) is 18.2. The first kappa shape index (κ1) is 29.9. The molecule has 12 heteroatoms. The molecule has 1 aromatic carbocycles. The van der Waals surface area contributed by atoms with Crippen LogP contribution in [0.25, 0.3) is 11.3 Å². The molecule has 1 unspecified atom stereocenters. The number of nitriles is 1. The molecule has 5 rings (SSSR count). The van der Waals surface area contributed by atoms with Gasteiger partial charge in [0.15, 0.2) is 8.32 Å². The number of carbonyl (C=O) groups excluding carboxylic acids is 1. The molecule has 0 amide bonds. The molecule has 1 atom stereocenters. The minimum Gasteiger partial charge on any atom is -0.416 e. The van der Waals surface area contributed by atoms with Crippen LogP contribution in [0.15, 0.2) is 30.5 Å². The molecular formula is C30H39BN7O3Si. The fourth-order valence-corrected chi connectivity index (χ4v) is 6.30. The molecule has 1 radical (unpaired) electrons. The zero-order valence-electron chi connectivity index (χ0n) is 25.8. The molecule has 4 heterocycles. The Hall–Kier alpha value is -3.53. The molecule has 2 aliphatic rings. The average molecular weight is 585 g/mol. The summed E-state index contributed by atoms with van der Waals surface area (Å²) < 4.78 is 13.9. The summed E-state index contributed by atoms with van der Waals surface area (Å²) in [4.78, 5) is 22.7. The molecule has 0 spiro atoms. The Kier molecular flexibility index (Phi) is 7.58. The van der Waals surface area contributed by atoms with E-state index in [1.165, 1.54) is 7.41 Å². The van der Waals surface area contributed by atoms with Crippen LogP contribution in [-0.4, -0.2) is 68.0 Å². The third-order valence-corrected chi connectivity index (χ3v) is 13.5. The van der Waals surface area contributed by atoms with Gasteiger partial charge in [0.1, 0.15) is 18.1 Å². The first-order valence-corrected chi connectivity index (χ1v) is 17.1. The molecule has 42 heavy (non-hydrogen) atoms. The van der Waals surface area contributed by atoms with Crippen molar-refractivity contribution in [2.24, 2.45) is 7.05 Å². The number of nitrogens with zero attached hydrogens (tertiary/aromatic N) is 6. The van der Waals surface area contributed by atoms with Gasteiger partial charge in [-0.05, 0) is 48.8 Å². The van der Waals surface area contributed by atoms with E-state index >= 15 is 0 Å². The molecule has 10 nitrogen and oxygen atoms in total. The number of nitrogens with one attached hydrogen (secondary N) is 1. The van der Waals surface area contributed by atoms with Gasteiger partial charge in [0.2, 0.25) is 5.95 Å². The average Bonchev–Trinajstić information content (AvgIpc) is 3.42. The van der Waals surface area contributed by atoms with Crippen LogP contribution in [0.4, 0.5) is 17.5 Å². The van der Waals surface area contributed by atoms with Crippen LogP contribution in [0, 0.1) is 11.3 Å². The highest BCUT2D eigenvalue weighted by Gasteiger charge is 2.45. The quantitative estimate of drug-likeness (QED) is 0.282. The first-order valence-electron chi connectivity index (χ1n) is 14.2. The molecule has 2 aliphatic heterocycles. The predicted octanol–water partition coefficient (Wildman–Crippen LogP) is 4.69. The summed E-state index contributed by atoms with van der Waals surface area (Å²) in [6, 6.07) is 10.1. The number of aryl methyl sites for hydroxylation is 1. The molecule has 1 fully saturated rings. The fraction of sp³-hybridized carbons (Fsp3) is 0.500. The molecular weight excluding hydrogens is 545 g/mol. The fourth-order valence-electron chi connectivity index (χ4n) is 5.19. The third-order valence-electron chi connectivity index (χ3n) is 9.02. The minimum absolute atomic E-state index is 0.0570. The number of ether oxygens (including phenoxy) is 1. The predicted molar refractivity (Wildman–Crippen MR) is 167 cm³/mol. The number of carbonyl (C=O) groups is 1. The van der Waals surface area contributed by atoms with Crippen molar-refractivity contribution in [3.05, 3.63) is 47.3 Å². The Bertz CT molecular complexity index is 1560. The van der Waals surface area contributed by atoms with Crippen LogP contribution in [-0.2, 0) is 31.8 Å². The van der Waals surface area contributed by atoms with Crippen molar-refractivity contribution in [1.29, 1.82) is 5.26 Å². The summed E-state index contributed by atoms with van der Waals surface area (Å²) in [6.45, 7) is 17.7. The summed E-state index contributed by atoms with van der Waals surface area (Å²) >= 11 is 0. The van der Waals surface area contributed by atoms with Crippen LogP contribution in [0.2, 0.25) is 18.1 Å². The lowest BCUT2D eigenvalue weighted by atomic mass is 9.83. The minimum atomic E-state index is -2.05. The Balaban J connectivity index is 1.49. The highest BCUT2D eigenvalue weighted by atomic mass is 28.4. The largest absolute Gasteiger partial charge is 0.416 e. The van der Waals surface area contributed by atoms with E-state index in [-0.39, 0.29) is 10.5 Å². The Morgan fingerprint density at radius 1 is 1.26 bits per heavy atom. The summed E-state index contributed by atoms with van der Waals surface area (Å²) in [5.74, 6) is 1.20. The number of hydrogen-bond donors (Lipinski definition) is 1. The van der Waals surface area contributed by atoms with Gasteiger partial charge in [0.25, 0.3) is 0 Å². The molecule has 0 aliphatic carbocycles. The molecule has 0 bridgehead atoms. The number of rotatable bonds is 9. The molecule has 1 N–H and O–H groups in total. The van der Waals surface area contributed by atoms with Gasteiger partial charge in [0.05, 0.1) is 35.6 Å². The van der Waals surface area contributed by atoms with Crippen molar-refractivity contribution in [3.63, 3.8) is 0 Å². The van der Waals surface area contributed by atoms with Gasteiger partial charge in [-0.1, -0.05) is 27.7 Å². The smallest absolute Gasteiger partial charge is 0.329 e. The van der Waals surface area contributed by atoms with Crippen molar-refractivity contribution >= 4 is 39.4 Å². The second-order valence-corrected chi connectivity index (χ2v) is 18.3. The highest BCUT2D eigenvalue weighted by Crippen LogP contribution is 2.46. The Morgan fingerprint density at radius 3 is 2.62 bits per heavy atom. The lowest BCUT2D eigenvalue weighted by Gasteiger charge is -2.39. The maximum atomic E-state index is 11.6. The van der Waals surface area contributed by atoms with Crippen molar-refractivity contribution in [3.8, 4) is 17.3 Å². The standard InChI is InChI=1S/C30H39BN7O3Si/c1-28(2,3)42(7,8)41-18-29(4)15-38(31-19-39)26-21(14-32)11-20(12-22(26)29)23-9-10-33-27(34-23)35-25-13-24(36-37(25)6)30(5)16-40-17-30/h9-13,19H,15-18H2,1-8H3,(H,33,34,35). The van der Waals surface area contributed by atoms with Gasteiger partial charge in [-0.15, -0.1) is 0 Å². The van der Waals surface area contributed by atoms with Crippen LogP contribution in [0.5, 0.6) is 0 Å². The molecule has 219 valence electrons. The van der Waals surface area contributed by atoms with Crippen LogP contribution >= 0.6 is 0 Å². The normalized spacial score (nSPS) is 19.5. The van der Waals surface area contributed by atoms with E-state index in [1.54, 1.807) is 10.9 Å². The van der Waals surface area contributed by atoms with Crippen LogP contribution in [0.1, 0.15) is 51.4 Å². The van der Waals surface area contributed by atoms with E-state index in [0.717, 1.165) is 34.5 Å². The summed E-state index contributed by atoms with van der Waals surface area (Å²) in [6.07, 6.45) is 2.47. The van der Waals surface area contributed by atoms with Crippen LogP contribution in [0.3, 0.4) is 0 Å². The maximum absolute atomic E-state index is 11.6. The van der Waals surface area contributed by atoms with Crippen molar-refractivity contribution in [2.45, 2.75) is 63.6 Å². The highest BCUT2D eigenvalue weighted by molar-refractivity contribution is 6.74. The summed E-state index contributed by atoms with van der Waals surface area (Å²) in [7, 11) is 1.34. The van der Waals surface area contributed by atoms with Gasteiger partial charge in [0, 0.05) is 49.1 Å².